The molecule has 0 amide bonds. The summed E-state index contributed by atoms with van der Waals surface area (Å²) >= 11 is 0. The Labute approximate surface area is 129 Å². The van der Waals surface area contributed by atoms with E-state index in [4.69, 9.17) is 9.47 Å². The van der Waals surface area contributed by atoms with Crippen LogP contribution in [0.3, 0.4) is 0 Å². The third-order valence-electron chi connectivity index (χ3n) is 3.96. The Bertz CT molecular complexity index is 420. The van der Waals surface area contributed by atoms with E-state index in [1.54, 1.807) is 0 Å². The Morgan fingerprint density at radius 3 is 2.71 bits per heavy atom. The molecule has 0 spiro atoms. The molecule has 1 N–H and O–H groups in total. The highest BCUT2D eigenvalue weighted by Crippen LogP contribution is 2.30. The van der Waals surface area contributed by atoms with Crippen molar-refractivity contribution in [2.75, 3.05) is 13.2 Å². The van der Waals surface area contributed by atoms with Gasteiger partial charge in [0.2, 0.25) is 0 Å². The van der Waals surface area contributed by atoms with E-state index in [0.29, 0.717) is 6.04 Å². The molecule has 0 aromatic heterocycles. The van der Waals surface area contributed by atoms with Crippen LogP contribution in [0, 0.1) is 0 Å². The Morgan fingerprint density at radius 1 is 1.10 bits per heavy atom. The van der Waals surface area contributed by atoms with E-state index in [9.17, 15) is 0 Å². The van der Waals surface area contributed by atoms with E-state index in [1.165, 1.54) is 37.7 Å². The maximum absolute atomic E-state index is 5.73. The maximum Gasteiger partial charge on any atom is 0.161 e. The molecule has 0 fully saturated rings. The quantitative estimate of drug-likeness (QED) is 0.725. The van der Waals surface area contributed by atoms with Crippen LogP contribution >= 0.6 is 0 Å². The van der Waals surface area contributed by atoms with Crippen LogP contribution in [0.15, 0.2) is 18.2 Å². The zero-order valence-electron chi connectivity index (χ0n) is 13.5. The van der Waals surface area contributed by atoms with Gasteiger partial charge in [-0.2, -0.15) is 0 Å². The van der Waals surface area contributed by atoms with Crippen molar-refractivity contribution in [3.8, 4) is 11.5 Å². The number of ether oxygens (including phenoxy) is 2. The Balaban J connectivity index is 1.76. The van der Waals surface area contributed by atoms with Crippen molar-refractivity contribution in [3.05, 3.63) is 23.8 Å². The Kier molecular flexibility index (Phi) is 6.87. The summed E-state index contributed by atoms with van der Waals surface area (Å²) < 4.78 is 11.4. The minimum absolute atomic E-state index is 0.567. The predicted molar refractivity (Wildman–Crippen MR) is 87.1 cm³/mol. The monoisotopic (exact) mass is 291 g/mol. The first-order chi connectivity index (χ1) is 10.3. The largest absolute Gasteiger partial charge is 0.490 e. The van der Waals surface area contributed by atoms with Crippen LogP contribution in [0.1, 0.15) is 57.9 Å². The normalized spacial score (nSPS) is 15.5. The third-order valence-corrected chi connectivity index (χ3v) is 3.96. The molecule has 2 rings (SSSR count). The molecule has 118 valence electrons. The zero-order chi connectivity index (χ0) is 14.9. The molecular formula is C18H29NO2. The van der Waals surface area contributed by atoms with Crippen LogP contribution in [0.2, 0.25) is 0 Å². The lowest BCUT2D eigenvalue weighted by molar-refractivity contribution is 0.297. The summed E-state index contributed by atoms with van der Waals surface area (Å²) in [4.78, 5) is 0. The molecule has 21 heavy (non-hydrogen) atoms. The first-order valence-corrected chi connectivity index (χ1v) is 8.41. The van der Waals surface area contributed by atoms with Gasteiger partial charge in [0.25, 0.3) is 0 Å². The summed E-state index contributed by atoms with van der Waals surface area (Å²) in [5.74, 6) is 1.77. The molecule has 0 saturated heterocycles. The Morgan fingerprint density at radius 2 is 1.90 bits per heavy atom. The van der Waals surface area contributed by atoms with E-state index in [1.807, 2.05) is 6.07 Å². The minimum atomic E-state index is 0.567. The fourth-order valence-electron chi connectivity index (χ4n) is 2.59. The molecule has 1 heterocycles. The van der Waals surface area contributed by atoms with Crippen molar-refractivity contribution in [1.29, 1.82) is 0 Å². The van der Waals surface area contributed by atoms with Gasteiger partial charge in [-0.15, -0.1) is 0 Å². The van der Waals surface area contributed by atoms with Crippen LogP contribution in [0.5, 0.6) is 11.5 Å². The fourth-order valence-corrected chi connectivity index (χ4v) is 2.59. The van der Waals surface area contributed by atoms with E-state index >= 15 is 0 Å². The van der Waals surface area contributed by atoms with E-state index < -0.39 is 0 Å². The summed E-state index contributed by atoms with van der Waals surface area (Å²) in [5, 5.41) is 3.60. The lowest BCUT2D eigenvalue weighted by atomic mass is 10.1. The second-order valence-corrected chi connectivity index (χ2v) is 5.96. The van der Waals surface area contributed by atoms with Gasteiger partial charge in [-0.25, -0.2) is 0 Å². The number of hydrogen-bond donors (Lipinski definition) is 1. The van der Waals surface area contributed by atoms with Crippen molar-refractivity contribution in [2.45, 2.75) is 65.0 Å². The molecule has 1 atom stereocenters. The number of fused-ring (bicyclic) bond motifs is 1. The number of nitrogens with one attached hydrogen (secondary N) is 1. The van der Waals surface area contributed by atoms with Crippen molar-refractivity contribution in [1.82, 2.24) is 5.32 Å². The van der Waals surface area contributed by atoms with Gasteiger partial charge in [-0.1, -0.05) is 38.7 Å². The van der Waals surface area contributed by atoms with Gasteiger partial charge in [0.1, 0.15) is 0 Å². The van der Waals surface area contributed by atoms with Gasteiger partial charge in [0.15, 0.2) is 11.5 Å². The molecule has 0 saturated carbocycles. The van der Waals surface area contributed by atoms with E-state index in [-0.39, 0.29) is 0 Å². The van der Waals surface area contributed by atoms with Gasteiger partial charge in [-0.05, 0) is 31.0 Å². The van der Waals surface area contributed by atoms with E-state index in [0.717, 1.165) is 37.7 Å². The minimum Gasteiger partial charge on any atom is -0.490 e. The molecule has 1 aliphatic rings. The highest BCUT2D eigenvalue weighted by Gasteiger charge is 2.11. The lowest BCUT2D eigenvalue weighted by Crippen LogP contribution is -2.25. The van der Waals surface area contributed by atoms with Crippen molar-refractivity contribution in [2.24, 2.45) is 0 Å². The average molecular weight is 291 g/mol. The van der Waals surface area contributed by atoms with Crippen LogP contribution < -0.4 is 14.8 Å². The molecule has 1 aromatic carbocycles. The van der Waals surface area contributed by atoms with Crippen LogP contribution in [-0.4, -0.2) is 19.3 Å². The second kappa shape index (κ2) is 8.93. The number of benzene rings is 1. The number of hydrogen-bond acceptors (Lipinski definition) is 3. The predicted octanol–water partition coefficient (Wildman–Crippen LogP) is 4.30. The third kappa shape index (κ3) is 5.58. The SMILES string of the molecule is CCCCCCC(C)NCc1ccc2c(c1)OCCCO2. The summed E-state index contributed by atoms with van der Waals surface area (Å²) in [7, 11) is 0. The standard InChI is InChI=1S/C18H29NO2/c1-3-4-5-6-8-15(2)19-14-16-9-10-17-18(13-16)21-12-7-11-20-17/h9-10,13,15,19H,3-8,11-12,14H2,1-2H3. The molecule has 0 bridgehead atoms. The highest BCUT2D eigenvalue weighted by atomic mass is 16.5. The molecule has 0 radical (unpaired) electrons. The molecular weight excluding hydrogens is 262 g/mol. The first-order valence-electron chi connectivity index (χ1n) is 8.41. The highest BCUT2D eigenvalue weighted by molar-refractivity contribution is 5.43. The van der Waals surface area contributed by atoms with Crippen molar-refractivity contribution >= 4 is 0 Å². The molecule has 3 nitrogen and oxygen atoms in total. The average Bonchev–Trinajstić information content (AvgIpc) is 2.74. The summed E-state index contributed by atoms with van der Waals surface area (Å²) in [6.07, 6.45) is 7.55. The van der Waals surface area contributed by atoms with Crippen LogP contribution in [-0.2, 0) is 6.54 Å². The van der Waals surface area contributed by atoms with E-state index in [2.05, 4.69) is 31.3 Å². The molecule has 1 aromatic rings. The van der Waals surface area contributed by atoms with Gasteiger partial charge >= 0.3 is 0 Å². The number of rotatable bonds is 8. The smallest absolute Gasteiger partial charge is 0.161 e. The molecule has 1 unspecified atom stereocenters. The van der Waals surface area contributed by atoms with Crippen LogP contribution in [0.25, 0.3) is 0 Å². The maximum atomic E-state index is 5.73. The lowest BCUT2D eigenvalue weighted by Gasteiger charge is -2.15. The Hall–Kier alpha value is -1.22. The summed E-state index contributed by atoms with van der Waals surface area (Å²) in [5.41, 5.74) is 1.26. The topological polar surface area (TPSA) is 30.5 Å². The molecule has 0 aliphatic carbocycles. The summed E-state index contributed by atoms with van der Waals surface area (Å²) in [6, 6.07) is 6.84. The second-order valence-electron chi connectivity index (χ2n) is 5.96. The first kappa shape index (κ1) is 16.2. The van der Waals surface area contributed by atoms with Crippen LogP contribution in [0.4, 0.5) is 0 Å². The van der Waals surface area contributed by atoms with Gasteiger partial charge in [-0.3, -0.25) is 0 Å². The van der Waals surface area contributed by atoms with Gasteiger partial charge < -0.3 is 14.8 Å². The van der Waals surface area contributed by atoms with Crippen molar-refractivity contribution in [3.63, 3.8) is 0 Å². The fraction of sp³-hybridized carbons (Fsp3) is 0.667. The number of unbranched alkanes of at least 4 members (excludes halogenated alkanes) is 3. The summed E-state index contributed by atoms with van der Waals surface area (Å²) in [6.45, 7) is 6.92. The van der Waals surface area contributed by atoms with Crippen molar-refractivity contribution < 1.29 is 9.47 Å². The molecule has 3 heteroatoms. The van der Waals surface area contributed by atoms with Gasteiger partial charge in [0, 0.05) is 19.0 Å². The molecule has 1 aliphatic heterocycles. The van der Waals surface area contributed by atoms with Gasteiger partial charge in [0.05, 0.1) is 13.2 Å². The zero-order valence-corrected chi connectivity index (χ0v) is 13.5.